The number of amides is 1. The van der Waals surface area contributed by atoms with E-state index in [0.717, 1.165) is 18.2 Å². The van der Waals surface area contributed by atoms with Crippen molar-refractivity contribution in [3.05, 3.63) is 62.3 Å². The lowest BCUT2D eigenvalue weighted by molar-refractivity contribution is -0.394. The molecule has 3 N–H and O–H groups in total. The molecule has 0 bridgehead atoms. The first kappa shape index (κ1) is 19.2. The minimum Gasteiger partial charge on any atom is -0.493 e. The second kappa shape index (κ2) is 7.59. The standard InChI is InChI=1S/C16H12N6O7/c1-28-13-6-8(14-15(16(17)23)19-20-18-14)2-4-12(13)29-11-5-3-9(21(24)25)7-10(11)22(26)27/h2-7H,1H3,(H2,17,23)(H,18,19,20). The van der Waals surface area contributed by atoms with Crippen molar-refractivity contribution < 1.29 is 24.1 Å². The number of benzene rings is 2. The molecule has 13 heteroatoms. The highest BCUT2D eigenvalue weighted by molar-refractivity contribution is 5.96. The third-order valence-corrected chi connectivity index (χ3v) is 3.79. The van der Waals surface area contributed by atoms with Crippen LogP contribution >= 0.6 is 0 Å². The van der Waals surface area contributed by atoms with E-state index in [0.29, 0.717) is 5.56 Å². The van der Waals surface area contributed by atoms with Crippen LogP contribution in [0.3, 0.4) is 0 Å². The molecular weight excluding hydrogens is 388 g/mol. The number of rotatable bonds is 7. The largest absolute Gasteiger partial charge is 0.493 e. The third kappa shape index (κ3) is 3.78. The number of ether oxygens (including phenoxy) is 2. The van der Waals surface area contributed by atoms with Crippen molar-refractivity contribution in [3.8, 4) is 28.5 Å². The summed E-state index contributed by atoms with van der Waals surface area (Å²) in [5.74, 6) is -0.744. The zero-order valence-electron chi connectivity index (χ0n) is 14.7. The SMILES string of the molecule is COc1cc(-c2n[nH]nc2C(N)=O)ccc1Oc1ccc([N+](=O)[O-])cc1[N+](=O)[O-]. The van der Waals surface area contributed by atoms with Crippen LogP contribution in [-0.4, -0.2) is 38.3 Å². The molecule has 0 fully saturated rings. The van der Waals surface area contributed by atoms with Crippen LogP contribution in [0.5, 0.6) is 17.2 Å². The van der Waals surface area contributed by atoms with Crippen molar-refractivity contribution in [2.24, 2.45) is 5.73 Å². The summed E-state index contributed by atoms with van der Waals surface area (Å²) in [6.45, 7) is 0. The van der Waals surface area contributed by atoms with E-state index in [9.17, 15) is 25.0 Å². The van der Waals surface area contributed by atoms with Gasteiger partial charge in [-0.3, -0.25) is 25.0 Å². The van der Waals surface area contributed by atoms with E-state index in [1.54, 1.807) is 0 Å². The van der Waals surface area contributed by atoms with Gasteiger partial charge >= 0.3 is 5.69 Å². The van der Waals surface area contributed by atoms with Gasteiger partial charge in [-0.05, 0) is 24.3 Å². The summed E-state index contributed by atoms with van der Waals surface area (Å²) in [6.07, 6.45) is 0. The fourth-order valence-corrected chi connectivity index (χ4v) is 2.47. The van der Waals surface area contributed by atoms with E-state index in [2.05, 4.69) is 15.4 Å². The van der Waals surface area contributed by atoms with Crippen LogP contribution in [0.25, 0.3) is 11.3 Å². The van der Waals surface area contributed by atoms with E-state index in [1.165, 1.54) is 25.3 Å². The van der Waals surface area contributed by atoms with Crippen molar-refractivity contribution in [2.45, 2.75) is 0 Å². The summed E-state index contributed by atoms with van der Waals surface area (Å²) >= 11 is 0. The fourth-order valence-electron chi connectivity index (χ4n) is 2.47. The number of aromatic nitrogens is 3. The minimum atomic E-state index is -0.794. The number of nitrogens with one attached hydrogen (secondary N) is 1. The number of nitrogens with zero attached hydrogens (tertiary/aromatic N) is 4. The van der Waals surface area contributed by atoms with Crippen LogP contribution in [0.1, 0.15) is 10.5 Å². The minimum absolute atomic E-state index is 0.0771. The van der Waals surface area contributed by atoms with Gasteiger partial charge < -0.3 is 15.2 Å². The van der Waals surface area contributed by atoms with Gasteiger partial charge in [-0.15, -0.1) is 0 Å². The molecule has 29 heavy (non-hydrogen) atoms. The predicted octanol–water partition coefficient (Wildman–Crippen LogP) is 2.19. The second-order valence-corrected chi connectivity index (χ2v) is 5.52. The predicted molar refractivity (Wildman–Crippen MR) is 96.7 cm³/mol. The summed E-state index contributed by atoms with van der Waals surface area (Å²) in [7, 11) is 1.34. The molecule has 1 amide bonds. The molecule has 0 unspecified atom stereocenters. The van der Waals surface area contributed by atoms with Crippen LogP contribution in [-0.2, 0) is 0 Å². The molecular formula is C16H12N6O7. The molecule has 0 atom stereocenters. The van der Waals surface area contributed by atoms with Crippen LogP contribution in [0.4, 0.5) is 11.4 Å². The van der Waals surface area contributed by atoms with E-state index < -0.39 is 27.1 Å². The normalized spacial score (nSPS) is 10.4. The lowest BCUT2D eigenvalue weighted by Crippen LogP contribution is -2.12. The maximum atomic E-state index is 11.4. The summed E-state index contributed by atoms with van der Waals surface area (Å²) < 4.78 is 10.8. The van der Waals surface area contributed by atoms with E-state index in [1.807, 2.05) is 0 Å². The highest BCUT2D eigenvalue weighted by Crippen LogP contribution is 2.39. The van der Waals surface area contributed by atoms with Crippen molar-refractivity contribution >= 4 is 17.3 Å². The summed E-state index contributed by atoms with van der Waals surface area (Å²) in [4.78, 5) is 32.0. The van der Waals surface area contributed by atoms with Gasteiger partial charge in [0.15, 0.2) is 17.2 Å². The highest BCUT2D eigenvalue weighted by atomic mass is 16.6. The number of carbonyl (C=O) groups is 1. The molecule has 13 nitrogen and oxygen atoms in total. The van der Waals surface area contributed by atoms with Gasteiger partial charge in [0.05, 0.1) is 23.0 Å². The lowest BCUT2D eigenvalue weighted by atomic mass is 10.1. The van der Waals surface area contributed by atoms with Gasteiger partial charge in [-0.25, -0.2) is 0 Å². The molecule has 3 rings (SSSR count). The molecule has 2 aromatic carbocycles. The molecule has 1 heterocycles. The van der Waals surface area contributed by atoms with Gasteiger partial charge in [-0.1, -0.05) is 0 Å². The quantitative estimate of drug-likeness (QED) is 0.442. The Morgan fingerprint density at radius 2 is 1.76 bits per heavy atom. The summed E-state index contributed by atoms with van der Waals surface area (Å²) in [6, 6.07) is 7.41. The zero-order chi connectivity index (χ0) is 21.1. The molecule has 3 aromatic rings. The first-order valence-corrected chi connectivity index (χ1v) is 7.81. The van der Waals surface area contributed by atoms with Gasteiger partial charge in [0, 0.05) is 11.6 Å². The topological polar surface area (TPSA) is 189 Å². The number of carbonyl (C=O) groups excluding carboxylic acids is 1. The van der Waals surface area contributed by atoms with Gasteiger partial charge in [-0.2, -0.15) is 15.4 Å². The first-order valence-electron chi connectivity index (χ1n) is 7.81. The number of nitro groups is 2. The summed E-state index contributed by atoms with van der Waals surface area (Å²) in [5, 5.41) is 32.0. The molecule has 0 saturated heterocycles. The molecule has 0 aliphatic carbocycles. The molecule has 0 spiro atoms. The van der Waals surface area contributed by atoms with Crippen LogP contribution < -0.4 is 15.2 Å². The Kier molecular flexibility index (Phi) is 5.03. The van der Waals surface area contributed by atoms with Crippen molar-refractivity contribution in [2.75, 3.05) is 7.11 Å². The number of non-ortho nitro benzene ring substituents is 1. The number of nitrogens with two attached hydrogens (primary N) is 1. The van der Waals surface area contributed by atoms with E-state index >= 15 is 0 Å². The van der Waals surface area contributed by atoms with Gasteiger partial charge in [0.25, 0.3) is 11.6 Å². The Morgan fingerprint density at radius 3 is 2.38 bits per heavy atom. The van der Waals surface area contributed by atoms with Crippen molar-refractivity contribution in [1.82, 2.24) is 15.4 Å². The molecule has 0 aliphatic rings. The van der Waals surface area contributed by atoms with E-state index in [-0.39, 0.29) is 28.6 Å². The number of methoxy groups -OCH3 is 1. The number of primary amides is 1. The number of hydrogen-bond acceptors (Lipinski definition) is 9. The number of hydrogen-bond donors (Lipinski definition) is 2. The number of aromatic amines is 1. The van der Waals surface area contributed by atoms with Crippen LogP contribution in [0, 0.1) is 20.2 Å². The smallest absolute Gasteiger partial charge is 0.318 e. The van der Waals surface area contributed by atoms with Crippen molar-refractivity contribution in [1.29, 1.82) is 0 Å². The second-order valence-electron chi connectivity index (χ2n) is 5.52. The average molecular weight is 400 g/mol. The average Bonchev–Trinajstić information content (AvgIpc) is 3.18. The van der Waals surface area contributed by atoms with Crippen LogP contribution in [0.15, 0.2) is 36.4 Å². The Balaban J connectivity index is 2.00. The zero-order valence-corrected chi connectivity index (χ0v) is 14.7. The first-order chi connectivity index (χ1) is 13.8. The Bertz CT molecular complexity index is 1130. The summed E-state index contributed by atoms with van der Waals surface area (Å²) in [5.41, 5.74) is 4.75. The van der Waals surface area contributed by atoms with Crippen molar-refractivity contribution in [3.63, 3.8) is 0 Å². The van der Waals surface area contributed by atoms with Gasteiger partial charge in [0.1, 0.15) is 5.69 Å². The van der Waals surface area contributed by atoms with Gasteiger partial charge in [0.2, 0.25) is 5.75 Å². The maximum Gasteiger partial charge on any atom is 0.318 e. The number of H-pyrrole nitrogens is 1. The Hall–Kier alpha value is -4.55. The Morgan fingerprint density at radius 1 is 1.03 bits per heavy atom. The maximum absolute atomic E-state index is 11.4. The molecule has 148 valence electrons. The molecule has 1 aromatic heterocycles. The molecule has 0 aliphatic heterocycles. The monoisotopic (exact) mass is 400 g/mol. The third-order valence-electron chi connectivity index (χ3n) is 3.79. The molecule has 0 radical (unpaired) electrons. The lowest BCUT2D eigenvalue weighted by Gasteiger charge is -2.11. The number of nitro benzene ring substituents is 2. The highest BCUT2D eigenvalue weighted by Gasteiger charge is 2.23. The Labute approximate surface area is 161 Å². The fraction of sp³-hybridized carbons (Fsp3) is 0.0625. The van der Waals surface area contributed by atoms with E-state index in [4.69, 9.17) is 15.2 Å². The van der Waals surface area contributed by atoms with Crippen LogP contribution in [0.2, 0.25) is 0 Å². The molecule has 0 saturated carbocycles.